The molecule has 1 aliphatic rings. The summed E-state index contributed by atoms with van der Waals surface area (Å²) in [6, 6.07) is 4.70. The quantitative estimate of drug-likeness (QED) is 0.845. The number of carbonyl (C=O) groups is 1. The molecule has 1 aromatic rings. The predicted molar refractivity (Wildman–Crippen MR) is 66.0 cm³/mol. The molecule has 1 aromatic heterocycles. The third kappa shape index (κ3) is 2.75. The van der Waals surface area contributed by atoms with E-state index in [1.165, 1.54) is 12.5 Å². The van der Waals surface area contributed by atoms with Gasteiger partial charge in [-0.2, -0.15) is 0 Å². The van der Waals surface area contributed by atoms with Crippen LogP contribution < -0.4 is 5.56 Å². The Morgan fingerprint density at radius 2 is 2.35 bits per heavy atom. The second-order valence-electron chi connectivity index (χ2n) is 4.60. The van der Waals surface area contributed by atoms with E-state index in [2.05, 4.69) is 11.9 Å². The van der Waals surface area contributed by atoms with Gasteiger partial charge in [-0.15, -0.1) is 0 Å². The second kappa shape index (κ2) is 5.17. The van der Waals surface area contributed by atoms with Crippen LogP contribution in [0.5, 0.6) is 0 Å². The number of rotatable bonds is 2. The summed E-state index contributed by atoms with van der Waals surface area (Å²) in [6.45, 7) is 3.77. The van der Waals surface area contributed by atoms with Gasteiger partial charge < -0.3 is 9.88 Å². The molecule has 1 amide bonds. The molecule has 1 N–H and O–H groups in total. The number of aromatic amines is 1. The summed E-state index contributed by atoms with van der Waals surface area (Å²) >= 11 is 0. The second-order valence-corrected chi connectivity index (χ2v) is 4.60. The molecule has 4 nitrogen and oxygen atoms in total. The number of H-pyrrole nitrogens is 1. The molecule has 0 bridgehead atoms. The Kier molecular flexibility index (Phi) is 3.61. The van der Waals surface area contributed by atoms with Gasteiger partial charge in [0.25, 0.3) is 5.91 Å². The normalized spacial score (nSPS) is 20.3. The van der Waals surface area contributed by atoms with Crippen molar-refractivity contribution in [1.82, 2.24) is 9.88 Å². The third-order valence-electron chi connectivity index (χ3n) is 3.38. The van der Waals surface area contributed by atoms with Crippen LogP contribution in [0.3, 0.4) is 0 Å². The highest BCUT2D eigenvalue weighted by Crippen LogP contribution is 2.20. The zero-order valence-electron chi connectivity index (χ0n) is 10.1. The lowest BCUT2D eigenvalue weighted by molar-refractivity contribution is 0.0665. The number of aromatic nitrogens is 1. The molecule has 2 rings (SSSR count). The molecule has 0 saturated carbocycles. The van der Waals surface area contributed by atoms with E-state index < -0.39 is 0 Å². The molecular formula is C13H18N2O2. The fourth-order valence-corrected chi connectivity index (χ4v) is 2.33. The lowest BCUT2D eigenvalue weighted by Crippen LogP contribution is -2.40. The fourth-order valence-electron chi connectivity index (χ4n) is 2.33. The monoisotopic (exact) mass is 234 g/mol. The number of hydrogen-bond acceptors (Lipinski definition) is 2. The number of nitrogens with one attached hydrogen (secondary N) is 1. The zero-order valence-corrected chi connectivity index (χ0v) is 10.1. The first-order valence-corrected chi connectivity index (χ1v) is 6.19. The van der Waals surface area contributed by atoms with Crippen LogP contribution >= 0.6 is 0 Å². The number of pyridine rings is 1. The molecule has 17 heavy (non-hydrogen) atoms. The highest BCUT2D eigenvalue weighted by atomic mass is 16.2. The molecule has 1 aliphatic heterocycles. The van der Waals surface area contributed by atoms with Crippen molar-refractivity contribution in [2.75, 3.05) is 13.1 Å². The maximum Gasteiger partial charge on any atom is 0.270 e. The SMILES string of the molecule is CCC1CCCN(C(=O)c2cccc(=O)[nH]2)C1. The van der Waals surface area contributed by atoms with E-state index in [0.717, 1.165) is 25.9 Å². The average Bonchev–Trinajstić information content (AvgIpc) is 2.38. The average molecular weight is 234 g/mol. The van der Waals surface area contributed by atoms with Gasteiger partial charge in [0, 0.05) is 19.2 Å². The molecule has 0 aliphatic carbocycles. The van der Waals surface area contributed by atoms with E-state index in [0.29, 0.717) is 11.6 Å². The summed E-state index contributed by atoms with van der Waals surface area (Å²) in [6.07, 6.45) is 3.36. The van der Waals surface area contributed by atoms with Gasteiger partial charge in [0.1, 0.15) is 5.69 Å². The van der Waals surface area contributed by atoms with Gasteiger partial charge in [0.15, 0.2) is 0 Å². The summed E-state index contributed by atoms with van der Waals surface area (Å²) in [5.41, 5.74) is 0.175. The molecule has 0 aromatic carbocycles. The van der Waals surface area contributed by atoms with Crippen LogP contribution in [0, 0.1) is 5.92 Å². The minimum absolute atomic E-state index is 0.0548. The van der Waals surface area contributed by atoms with Crippen molar-refractivity contribution in [3.05, 3.63) is 34.2 Å². The van der Waals surface area contributed by atoms with Crippen LogP contribution in [0.15, 0.2) is 23.0 Å². The smallest absolute Gasteiger partial charge is 0.270 e. The minimum atomic E-state index is -0.222. The highest BCUT2D eigenvalue weighted by molar-refractivity contribution is 5.92. The Hall–Kier alpha value is -1.58. The molecule has 2 heterocycles. The standard InChI is InChI=1S/C13H18N2O2/c1-2-10-5-4-8-15(9-10)13(17)11-6-3-7-12(16)14-11/h3,6-7,10H,2,4-5,8-9H2,1H3,(H,14,16). The van der Waals surface area contributed by atoms with E-state index in [1.807, 2.05) is 4.90 Å². The van der Waals surface area contributed by atoms with Crippen LogP contribution in [-0.2, 0) is 0 Å². The Bertz CT molecular complexity index is 453. The molecule has 1 atom stereocenters. The summed E-state index contributed by atoms with van der Waals surface area (Å²) in [4.78, 5) is 27.8. The first-order chi connectivity index (χ1) is 8.20. The number of hydrogen-bond donors (Lipinski definition) is 1. The lowest BCUT2D eigenvalue weighted by atomic mass is 9.95. The number of carbonyl (C=O) groups excluding carboxylic acids is 1. The number of likely N-dealkylation sites (tertiary alicyclic amines) is 1. The topological polar surface area (TPSA) is 53.2 Å². The Morgan fingerprint density at radius 3 is 3.06 bits per heavy atom. The first-order valence-electron chi connectivity index (χ1n) is 6.19. The van der Waals surface area contributed by atoms with Crippen molar-refractivity contribution >= 4 is 5.91 Å². The Balaban J connectivity index is 2.12. The molecule has 92 valence electrons. The van der Waals surface area contributed by atoms with E-state index in [9.17, 15) is 9.59 Å². The Labute approximate surface area is 101 Å². The summed E-state index contributed by atoms with van der Waals surface area (Å²) in [7, 11) is 0. The van der Waals surface area contributed by atoms with Gasteiger partial charge in [0.05, 0.1) is 0 Å². The predicted octanol–water partition coefficient (Wildman–Crippen LogP) is 1.64. The van der Waals surface area contributed by atoms with Gasteiger partial charge in [-0.25, -0.2) is 0 Å². The van der Waals surface area contributed by atoms with Crippen molar-refractivity contribution in [2.45, 2.75) is 26.2 Å². The maximum absolute atomic E-state index is 12.2. The number of piperidine rings is 1. The molecule has 1 saturated heterocycles. The van der Waals surface area contributed by atoms with Crippen LogP contribution in [0.1, 0.15) is 36.7 Å². The van der Waals surface area contributed by atoms with Gasteiger partial charge in [-0.05, 0) is 24.8 Å². The van der Waals surface area contributed by atoms with E-state index in [1.54, 1.807) is 12.1 Å². The summed E-state index contributed by atoms with van der Waals surface area (Å²) < 4.78 is 0. The van der Waals surface area contributed by atoms with Gasteiger partial charge >= 0.3 is 0 Å². The number of amides is 1. The molecule has 0 spiro atoms. The van der Waals surface area contributed by atoms with Crippen molar-refractivity contribution < 1.29 is 4.79 Å². The Morgan fingerprint density at radius 1 is 1.53 bits per heavy atom. The molecule has 1 fully saturated rings. The fraction of sp³-hybridized carbons (Fsp3) is 0.538. The molecular weight excluding hydrogens is 216 g/mol. The molecule has 1 unspecified atom stereocenters. The van der Waals surface area contributed by atoms with Crippen molar-refractivity contribution in [2.24, 2.45) is 5.92 Å². The number of nitrogens with zero attached hydrogens (tertiary/aromatic N) is 1. The molecule has 4 heteroatoms. The lowest BCUT2D eigenvalue weighted by Gasteiger charge is -2.32. The van der Waals surface area contributed by atoms with Crippen LogP contribution in [-0.4, -0.2) is 28.9 Å². The van der Waals surface area contributed by atoms with E-state index in [-0.39, 0.29) is 11.5 Å². The van der Waals surface area contributed by atoms with Crippen molar-refractivity contribution in [3.8, 4) is 0 Å². The maximum atomic E-state index is 12.2. The van der Waals surface area contributed by atoms with Gasteiger partial charge in [-0.1, -0.05) is 19.4 Å². The zero-order chi connectivity index (χ0) is 12.3. The largest absolute Gasteiger partial charge is 0.337 e. The molecule has 0 radical (unpaired) electrons. The van der Waals surface area contributed by atoms with Crippen LogP contribution in [0.4, 0.5) is 0 Å². The van der Waals surface area contributed by atoms with Crippen molar-refractivity contribution in [1.29, 1.82) is 0 Å². The highest BCUT2D eigenvalue weighted by Gasteiger charge is 2.23. The third-order valence-corrected chi connectivity index (χ3v) is 3.38. The summed E-state index contributed by atoms with van der Waals surface area (Å²) in [5.74, 6) is 0.545. The minimum Gasteiger partial charge on any atom is -0.337 e. The van der Waals surface area contributed by atoms with Gasteiger partial charge in [-0.3, -0.25) is 9.59 Å². The summed E-state index contributed by atoms with van der Waals surface area (Å²) in [5, 5.41) is 0. The van der Waals surface area contributed by atoms with Crippen LogP contribution in [0.25, 0.3) is 0 Å². The first kappa shape index (κ1) is 11.9. The van der Waals surface area contributed by atoms with Crippen LogP contribution in [0.2, 0.25) is 0 Å². The van der Waals surface area contributed by atoms with E-state index in [4.69, 9.17) is 0 Å². The van der Waals surface area contributed by atoms with E-state index >= 15 is 0 Å². The van der Waals surface area contributed by atoms with Crippen molar-refractivity contribution in [3.63, 3.8) is 0 Å². The van der Waals surface area contributed by atoms with Gasteiger partial charge in [0.2, 0.25) is 5.56 Å².